The Labute approximate surface area is 124 Å². The first-order valence-corrected chi connectivity index (χ1v) is 6.90. The minimum Gasteiger partial charge on any atom is -0.379 e. The highest BCUT2D eigenvalue weighted by Gasteiger charge is 2.28. The van der Waals surface area contributed by atoms with Crippen LogP contribution in [0.5, 0.6) is 0 Å². The molecule has 0 aromatic carbocycles. The summed E-state index contributed by atoms with van der Waals surface area (Å²) in [5.41, 5.74) is 5.94. The zero-order valence-electron chi connectivity index (χ0n) is 11.3. The molecular weight excluding hydrogens is 271 g/mol. The van der Waals surface area contributed by atoms with Crippen molar-refractivity contribution >= 4 is 24.8 Å². The van der Waals surface area contributed by atoms with E-state index >= 15 is 0 Å². The maximum Gasteiger partial charge on any atom is 0.0576 e. The number of nitrogens with zero attached hydrogens (tertiary/aromatic N) is 1. The van der Waals surface area contributed by atoms with Crippen LogP contribution in [0.1, 0.15) is 45.4 Å². The molecular formula is C13H28Cl2N2O. The fourth-order valence-corrected chi connectivity index (χ4v) is 3.10. The van der Waals surface area contributed by atoms with Crippen molar-refractivity contribution in [3.63, 3.8) is 0 Å². The summed E-state index contributed by atoms with van der Waals surface area (Å²) >= 11 is 0. The molecule has 0 radical (unpaired) electrons. The van der Waals surface area contributed by atoms with Gasteiger partial charge in [0.25, 0.3) is 0 Å². The van der Waals surface area contributed by atoms with Crippen molar-refractivity contribution in [3.8, 4) is 0 Å². The third kappa shape index (κ3) is 5.22. The molecule has 110 valence electrons. The summed E-state index contributed by atoms with van der Waals surface area (Å²) in [7, 11) is 0. The summed E-state index contributed by atoms with van der Waals surface area (Å²) in [6, 6.07) is 1.26. The molecule has 0 spiro atoms. The van der Waals surface area contributed by atoms with Crippen molar-refractivity contribution in [2.45, 2.75) is 63.6 Å². The van der Waals surface area contributed by atoms with Crippen LogP contribution in [0, 0.1) is 0 Å². The lowest BCUT2D eigenvalue weighted by atomic mass is 9.90. The highest BCUT2D eigenvalue weighted by atomic mass is 35.5. The molecule has 2 N–H and O–H groups in total. The molecule has 2 aliphatic rings. The van der Waals surface area contributed by atoms with Crippen molar-refractivity contribution in [2.75, 3.05) is 19.7 Å². The van der Waals surface area contributed by atoms with Crippen LogP contribution in [-0.2, 0) is 4.74 Å². The highest BCUT2D eigenvalue weighted by Crippen LogP contribution is 2.26. The molecule has 1 aliphatic carbocycles. The van der Waals surface area contributed by atoms with Crippen molar-refractivity contribution in [1.29, 1.82) is 0 Å². The van der Waals surface area contributed by atoms with E-state index in [0.29, 0.717) is 12.1 Å². The van der Waals surface area contributed by atoms with E-state index in [1.807, 2.05) is 0 Å². The van der Waals surface area contributed by atoms with E-state index < -0.39 is 0 Å². The molecule has 3 nitrogen and oxygen atoms in total. The van der Waals surface area contributed by atoms with E-state index in [9.17, 15) is 0 Å². The van der Waals surface area contributed by atoms with Gasteiger partial charge in [-0.3, -0.25) is 0 Å². The zero-order valence-corrected chi connectivity index (χ0v) is 13.0. The van der Waals surface area contributed by atoms with Gasteiger partial charge in [0.1, 0.15) is 0 Å². The third-order valence-corrected chi connectivity index (χ3v) is 4.14. The number of nitrogens with two attached hydrogens (primary N) is 1. The molecule has 5 heteroatoms. The fourth-order valence-electron chi connectivity index (χ4n) is 3.10. The molecule has 1 heterocycles. The molecule has 1 saturated heterocycles. The Morgan fingerprint density at radius 1 is 1.00 bits per heavy atom. The number of ether oxygens (including phenoxy) is 1. The summed E-state index contributed by atoms with van der Waals surface area (Å²) in [6.07, 6.45) is 8.05. The van der Waals surface area contributed by atoms with Crippen molar-refractivity contribution < 1.29 is 4.74 Å². The van der Waals surface area contributed by atoms with Gasteiger partial charge >= 0.3 is 0 Å². The molecule has 0 unspecified atom stereocenters. The summed E-state index contributed by atoms with van der Waals surface area (Å²) in [4.78, 5) is 2.66. The van der Waals surface area contributed by atoms with E-state index in [1.54, 1.807) is 0 Å². The molecule has 18 heavy (non-hydrogen) atoms. The van der Waals surface area contributed by atoms with Crippen molar-refractivity contribution in [2.24, 2.45) is 5.73 Å². The Kier molecular flexibility index (Phi) is 9.62. The molecule has 0 bridgehead atoms. The van der Waals surface area contributed by atoms with Crippen LogP contribution in [0.15, 0.2) is 0 Å². The van der Waals surface area contributed by atoms with Crippen LogP contribution in [0.4, 0.5) is 0 Å². The van der Waals surface area contributed by atoms with Gasteiger partial charge < -0.3 is 15.4 Å². The minimum absolute atomic E-state index is 0. The van der Waals surface area contributed by atoms with Crippen LogP contribution in [0.3, 0.4) is 0 Å². The van der Waals surface area contributed by atoms with Gasteiger partial charge in [-0.25, -0.2) is 0 Å². The molecule has 0 atom stereocenters. The topological polar surface area (TPSA) is 38.5 Å². The second-order valence-electron chi connectivity index (χ2n) is 5.26. The molecule has 2 rings (SSSR count). The van der Waals surface area contributed by atoms with Crippen LogP contribution in [0.2, 0.25) is 0 Å². The van der Waals surface area contributed by atoms with E-state index in [1.165, 1.54) is 51.6 Å². The number of hydrogen-bond acceptors (Lipinski definition) is 3. The van der Waals surface area contributed by atoms with Gasteiger partial charge in [-0.1, -0.05) is 0 Å². The van der Waals surface area contributed by atoms with E-state index in [2.05, 4.69) is 11.8 Å². The molecule has 2 fully saturated rings. The highest BCUT2D eigenvalue weighted by molar-refractivity contribution is 5.85. The average Bonchev–Trinajstić information content (AvgIpc) is 2.32. The number of likely N-dealkylation sites (tertiary alicyclic amines) is 1. The predicted octanol–water partition coefficient (Wildman–Crippen LogP) is 2.60. The first-order valence-electron chi connectivity index (χ1n) is 6.90. The van der Waals surface area contributed by atoms with E-state index in [0.717, 1.165) is 12.6 Å². The third-order valence-electron chi connectivity index (χ3n) is 4.14. The van der Waals surface area contributed by atoms with Gasteiger partial charge in [0, 0.05) is 18.7 Å². The SMILES string of the molecule is CCO[C@H]1CC[C@H](N2CCC(N)CC2)CC1.Cl.Cl. The Morgan fingerprint density at radius 3 is 2.06 bits per heavy atom. The van der Waals surface area contributed by atoms with Crippen LogP contribution >= 0.6 is 24.8 Å². The number of hydrogen-bond donors (Lipinski definition) is 1. The summed E-state index contributed by atoms with van der Waals surface area (Å²) in [5, 5.41) is 0. The molecule has 0 aromatic rings. The number of halogens is 2. The second-order valence-corrected chi connectivity index (χ2v) is 5.26. The largest absolute Gasteiger partial charge is 0.379 e. The summed E-state index contributed by atoms with van der Waals surface area (Å²) < 4.78 is 5.70. The van der Waals surface area contributed by atoms with Gasteiger partial charge in [0.2, 0.25) is 0 Å². The Balaban J connectivity index is 0.00000144. The summed E-state index contributed by atoms with van der Waals surface area (Å²) in [5.74, 6) is 0. The lowest BCUT2D eigenvalue weighted by Gasteiger charge is -2.40. The van der Waals surface area contributed by atoms with Gasteiger partial charge in [-0.05, 0) is 58.5 Å². The average molecular weight is 299 g/mol. The smallest absolute Gasteiger partial charge is 0.0576 e. The summed E-state index contributed by atoms with van der Waals surface area (Å²) in [6.45, 7) is 5.39. The predicted molar refractivity (Wildman–Crippen MR) is 80.9 cm³/mol. The maximum absolute atomic E-state index is 5.94. The first kappa shape index (κ1) is 18.5. The Hall–Kier alpha value is 0.460. The monoisotopic (exact) mass is 298 g/mol. The molecule has 0 amide bonds. The molecule has 1 aliphatic heterocycles. The quantitative estimate of drug-likeness (QED) is 0.870. The van der Waals surface area contributed by atoms with Crippen LogP contribution in [0.25, 0.3) is 0 Å². The normalized spacial score (nSPS) is 30.3. The maximum atomic E-state index is 5.94. The van der Waals surface area contributed by atoms with E-state index in [-0.39, 0.29) is 24.8 Å². The Morgan fingerprint density at radius 2 is 1.56 bits per heavy atom. The first-order chi connectivity index (χ1) is 7.79. The number of rotatable bonds is 3. The zero-order chi connectivity index (χ0) is 11.4. The van der Waals surface area contributed by atoms with Crippen molar-refractivity contribution in [3.05, 3.63) is 0 Å². The number of piperidine rings is 1. The second kappa shape index (κ2) is 9.38. The lowest BCUT2D eigenvalue weighted by Crippen LogP contribution is -2.46. The van der Waals surface area contributed by atoms with Crippen molar-refractivity contribution in [1.82, 2.24) is 4.90 Å². The van der Waals surface area contributed by atoms with Crippen LogP contribution < -0.4 is 5.73 Å². The van der Waals surface area contributed by atoms with Gasteiger partial charge in [0.05, 0.1) is 6.10 Å². The van der Waals surface area contributed by atoms with Gasteiger partial charge in [0.15, 0.2) is 0 Å². The lowest BCUT2D eigenvalue weighted by molar-refractivity contribution is 0.00960. The minimum atomic E-state index is 0. The Bertz CT molecular complexity index is 203. The van der Waals surface area contributed by atoms with Crippen LogP contribution in [-0.4, -0.2) is 42.8 Å². The fraction of sp³-hybridized carbons (Fsp3) is 1.00. The molecule has 1 saturated carbocycles. The van der Waals surface area contributed by atoms with Gasteiger partial charge in [-0.2, -0.15) is 0 Å². The molecule has 0 aromatic heterocycles. The van der Waals surface area contributed by atoms with Gasteiger partial charge in [-0.15, -0.1) is 24.8 Å². The van der Waals surface area contributed by atoms with E-state index in [4.69, 9.17) is 10.5 Å². The standard InChI is InChI=1S/C13H26N2O.2ClH/c1-2-16-13-5-3-12(4-6-13)15-9-7-11(14)8-10-15;;/h11-13H,2-10,14H2,1H3;2*1H/t12-,13-;;.